The summed E-state index contributed by atoms with van der Waals surface area (Å²) in [5, 5.41) is 3.47. The second kappa shape index (κ2) is 5.83. The number of rotatable bonds is 3. The predicted octanol–water partition coefficient (Wildman–Crippen LogP) is 4.26. The molecule has 3 nitrogen and oxygen atoms in total. The lowest BCUT2D eigenvalue weighted by Gasteiger charge is -2.32. The van der Waals surface area contributed by atoms with E-state index < -0.39 is 0 Å². The van der Waals surface area contributed by atoms with Crippen molar-refractivity contribution in [2.45, 2.75) is 39.0 Å². The molecule has 0 radical (unpaired) electrons. The number of anilines is 1. The Balaban J connectivity index is 2.08. The van der Waals surface area contributed by atoms with Crippen molar-refractivity contribution in [3.8, 4) is 5.75 Å². The van der Waals surface area contributed by atoms with Gasteiger partial charge in [-0.3, -0.25) is 4.79 Å². The summed E-state index contributed by atoms with van der Waals surface area (Å²) in [5.41, 5.74) is 0.479. The lowest BCUT2D eigenvalue weighted by Crippen LogP contribution is -2.35. The summed E-state index contributed by atoms with van der Waals surface area (Å²) in [6.07, 6.45) is 5.42. The first-order chi connectivity index (χ1) is 9.05. The highest BCUT2D eigenvalue weighted by Gasteiger charge is 2.34. The van der Waals surface area contributed by atoms with Crippen LogP contribution in [0, 0.1) is 5.41 Å². The van der Waals surface area contributed by atoms with E-state index >= 15 is 0 Å². The Kier molecular flexibility index (Phi) is 4.35. The van der Waals surface area contributed by atoms with Crippen molar-refractivity contribution in [1.82, 2.24) is 0 Å². The Bertz CT molecular complexity index is 467. The van der Waals surface area contributed by atoms with E-state index in [1.165, 1.54) is 6.42 Å². The molecule has 1 aliphatic carbocycles. The zero-order chi connectivity index (χ0) is 13.9. The number of methoxy groups -OCH3 is 1. The molecule has 104 valence electrons. The van der Waals surface area contributed by atoms with Crippen LogP contribution >= 0.6 is 11.6 Å². The number of halogens is 1. The third-order valence-electron chi connectivity index (χ3n) is 3.91. The molecule has 0 aromatic heterocycles. The van der Waals surface area contributed by atoms with E-state index in [9.17, 15) is 4.79 Å². The zero-order valence-electron chi connectivity index (χ0n) is 11.5. The van der Waals surface area contributed by atoms with Gasteiger partial charge in [0.2, 0.25) is 5.91 Å². The van der Waals surface area contributed by atoms with Crippen LogP contribution in [0.15, 0.2) is 18.2 Å². The third-order valence-corrected chi connectivity index (χ3v) is 4.21. The first-order valence-electron chi connectivity index (χ1n) is 6.70. The summed E-state index contributed by atoms with van der Waals surface area (Å²) in [5.74, 6) is 0.706. The quantitative estimate of drug-likeness (QED) is 0.899. The Morgan fingerprint density at radius 3 is 2.58 bits per heavy atom. The largest absolute Gasteiger partial charge is 0.495 e. The van der Waals surface area contributed by atoms with Crippen molar-refractivity contribution in [3.05, 3.63) is 23.2 Å². The van der Waals surface area contributed by atoms with Crippen LogP contribution in [0.25, 0.3) is 0 Å². The molecule has 2 rings (SSSR count). The van der Waals surface area contributed by atoms with E-state index in [2.05, 4.69) is 5.32 Å². The standard InChI is InChI=1S/C15H20ClNO2/c1-15(8-4-3-5-9-15)14(18)17-11-6-7-13(19-2)12(16)10-11/h6-7,10H,3-5,8-9H2,1-2H3,(H,17,18). The van der Waals surface area contributed by atoms with E-state index in [0.29, 0.717) is 10.8 Å². The minimum Gasteiger partial charge on any atom is -0.495 e. The van der Waals surface area contributed by atoms with Crippen LogP contribution in [0.4, 0.5) is 5.69 Å². The number of benzene rings is 1. The van der Waals surface area contributed by atoms with E-state index in [1.807, 2.05) is 13.0 Å². The molecule has 1 saturated carbocycles. The molecule has 0 unspecified atom stereocenters. The predicted molar refractivity (Wildman–Crippen MR) is 77.8 cm³/mol. The summed E-state index contributed by atoms with van der Waals surface area (Å²) >= 11 is 6.06. The Morgan fingerprint density at radius 2 is 2.00 bits per heavy atom. The van der Waals surface area contributed by atoms with Gasteiger partial charge in [0, 0.05) is 11.1 Å². The van der Waals surface area contributed by atoms with Gasteiger partial charge >= 0.3 is 0 Å². The fraction of sp³-hybridized carbons (Fsp3) is 0.533. The Hall–Kier alpha value is -1.22. The molecule has 1 aliphatic rings. The average molecular weight is 282 g/mol. The van der Waals surface area contributed by atoms with Crippen LogP contribution in [0.1, 0.15) is 39.0 Å². The van der Waals surface area contributed by atoms with Crippen molar-refractivity contribution < 1.29 is 9.53 Å². The molecule has 0 spiro atoms. The summed E-state index contributed by atoms with van der Waals surface area (Å²) in [6, 6.07) is 5.31. The highest BCUT2D eigenvalue weighted by molar-refractivity contribution is 6.32. The molecule has 0 saturated heterocycles. The second-order valence-corrected chi connectivity index (χ2v) is 5.83. The van der Waals surface area contributed by atoms with Gasteiger partial charge in [0.1, 0.15) is 5.75 Å². The average Bonchev–Trinajstić information content (AvgIpc) is 2.40. The SMILES string of the molecule is COc1ccc(NC(=O)C2(C)CCCCC2)cc1Cl. The molecule has 1 aromatic carbocycles. The number of carbonyl (C=O) groups is 1. The molecule has 1 fully saturated rings. The first-order valence-corrected chi connectivity index (χ1v) is 7.08. The van der Waals surface area contributed by atoms with Crippen molar-refractivity contribution in [1.29, 1.82) is 0 Å². The van der Waals surface area contributed by atoms with E-state index in [-0.39, 0.29) is 11.3 Å². The minimum absolute atomic E-state index is 0.0911. The maximum Gasteiger partial charge on any atom is 0.230 e. The van der Waals surface area contributed by atoms with Gasteiger partial charge in [0.25, 0.3) is 0 Å². The molecule has 1 N–H and O–H groups in total. The molecule has 0 heterocycles. The van der Waals surface area contributed by atoms with Crippen LogP contribution in [0.5, 0.6) is 5.75 Å². The van der Waals surface area contributed by atoms with Gasteiger partial charge in [-0.1, -0.05) is 37.8 Å². The molecule has 0 bridgehead atoms. The fourth-order valence-electron chi connectivity index (χ4n) is 2.59. The van der Waals surface area contributed by atoms with Crippen molar-refractivity contribution in [2.75, 3.05) is 12.4 Å². The normalized spacial score (nSPS) is 17.8. The number of carbonyl (C=O) groups excluding carboxylic acids is 1. The molecular weight excluding hydrogens is 262 g/mol. The minimum atomic E-state index is -0.245. The van der Waals surface area contributed by atoms with Gasteiger partial charge in [0.05, 0.1) is 12.1 Å². The Labute approximate surface area is 119 Å². The maximum atomic E-state index is 12.4. The second-order valence-electron chi connectivity index (χ2n) is 5.42. The Morgan fingerprint density at radius 1 is 1.32 bits per heavy atom. The lowest BCUT2D eigenvalue weighted by molar-refractivity contribution is -0.126. The smallest absolute Gasteiger partial charge is 0.230 e. The van der Waals surface area contributed by atoms with Crippen LogP contribution in [-0.2, 0) is 4.79 Å². The van der Waals surface area contributed by atoms with Crippen molar-refractivity contribution >= 4 is 23.2 Å². The third kappa shape index (κ3) is 3.21. The highest BCUT2D eigenvalue weighted by atomic mass is 35.5. The fourth-order valence-corrected chi connectivity index (χ4v) is 2.84. The van der Waals surface area contributed by atoms with Crippen LogP contribution in [0.3, 0.4) is 0 Å². The summed E-state index contributed by atoms with van der Waals surface area (Å²) in [6.45, 7) is 2.05. The van der Waals surface area contributed by atoms with Gasteiger partial charge in [0.15, 0.2) is 0 Å². The van der Waals surface area contributed by atoms with Crippen molar-refractivity contribution in [2.24, 2.45) is 5.41 Å². The van der Waals surface area contributed by atoms with Crippen LogP contribution in [0.2, 0.25) is 5.02 Å². The molecule has 1 aromatic rings. The van der Waals surface area contributed by atoms with E-state index in [4.69, 9.17) is 16.3 Å². The van der Waals surface area contributed by atoms with Gasteiger partial charge in [-0.05, 0) is 31.0 Å². The first kappa shape index (κ1) is 14.2. The summed E-state index contributed by atoms with van der Waals surface area (Å²) in [7, 11) is 1.57. The van der Waals surface area contributed by atoms with Gasteiger partial charge in [-0.15, -0.1) is 0 Å². The summed E-state index contributed by atoms with van der Waals surface area (Å²) < 4.78 is 5.10. The summed E-state index contributed by atoms with van der Waals surface area (Å²) in [4.78, 5) is 12.4. The number of nitrogens with one attached hydrogen (secondary N) is 1. The van der Waals surface area contributed by atoms with Gasteiger partial charge in [-0.2, -0.15) is 0 Å². The number of hydrogen-bond donors (Lipinski definition) is 1. The topological polar surface area (TPSA) is 38.3 Å². The van der Waals surface area contributed by atoms with Crippen molar-refractivity contribution in [3.63, 3.8) is 0 Å². The molecule has 0 atom stereocenters. The van der Waals surface area contributed by atoms with Gasteiger partial charge in [-0.25, -0.2) is 0 Å². The number of ether oxygens (including phenoxy) is 1. The number of amides is 1. The number of hydrogen-bond acceptors (Lipinski definition) is 2. The van der Waals surface area contributed by atoms with E-state index in [1.54, 1.807) is 19.2 Å². The zero-order valence-corrected chi connectivity index (χ0v) is 12.2. The van der Waals surface area contributed by atoms with Crippen LogP contribution in [-0.4, -0.2) is 13.0 Å². The maximum absolute atomic E-state index is 12.4. The van der Waals surface area contributed by atoms with Crippen LogP contribution < -0.4 is 10.1 Å². The molecule has 1 amide bonds. The van der Waals surface area contributed by atoms with Gasteiger partial charge < -0.3 is 10.1 Å². The monoisotopic (exact) mass is 281 g/mol. The lowest BCUT2D eigenvalue weighted by atomic mass is 9.75. The van der Waals surface area contributed by atoms with E-state index in [0.717, 1.165) is 31.4 Å². The molecular formula is C15H20ClNO2. The highest BCUT2D eigenvalue weighted by Crippen LogP contribution is 2.37. The molecule has 0 aliphatic heterocycles. The molecule has 4 heteroatoms. The molecule has 19 heavy (non-hydrogen) atoms.